The van der Waals surface area contributed by atoms with Gasteiger partial charge in [0.1, 0.15) is 28.2 Å². The Morgan fingerprint density at radius 1 is 0.889 bits per heavy atom. The van der Waals surface area contributed by atoms with Gasteiger partial charge in [-0.05, 0) is 66.9 Å². The Morgan fingerprint density at radius 3 is 2.18 bits per heavy atom. The Morgan fingerprint density at radius 2 is 1.53 bits per heavy atom. The third-order valence-electron chi connectivity index (χ3n) is 6.93. The highest BCUT2D eigenvalue weighted by atomic mass is 16.6. The van der Waals surface area contributed by atoms with E-state index >= 15 is 0 Å². The summed E-state index contributed by atoms with van der Waals surface area (Å²) < 4.78 is 19.0. The van der Waals surface area contributed by atoms with Crippen molar-refractivity contribution >= 4 is 39.8 Å². The quantitative estimate of drug-likeness (QED) is 0.172. The molecule has 0 N–H and O–H groups in total. The minimum atomic E-state index is -0.882. The van der Waals surface area contributed by atoms with Crippen LogP contribution in [0.4, 0.5) is 15.4 Å². The Balaban J connectivity index is 1.58. The van der Waals surface area contributed by atoms with Gasteiger partial charge < -0.3 is 14.0 Å². The number of carbonyl (C=O) groups excluding carboxylic acids is 2. The van der Waals surface area contributed by atoms with E-state index < -0.39 is 23.4 Å². The van der Waals surface area contributed by atoms with E-state index in [0.29, 0.717) is 30.4 Å². The summed E-state index contributed by atoms with van der Waals surface area (Å²) in [5, 5.41) is 10.9. The summed E-state index contributed by atoms with van der Waals surface area (Å²) in [6, 6.07) is 19.6. The maximum Gasteiger partial charge on any atom is 0.425 e. The lowest BCUT2D eigenvalue weighted by Gasteiger charge is -2.28. The van der Waals surface area contributed by atoms with Crippen molar-refractivity contribution in [2.45, 2.75) is 91.9 Å². The number of para-hydroxylation sites is 1. The summed E-state index contributed by atoms with van der Waals surface area (Å²) in [6.07, 6.45) is 1.19. The molecule has 0 fully saturated rings. The number of aromatic nitrogens is 4. The van der Waals surface area contributed by atoms with Crippen molar-refractivity contribution in [3.63, 3.8) is 0 Å². The average Bonchev–Trinajstić information content (AvgIpc) is 3.57. The van der Waals surface area contributed by atoms with Crippen LogP contribution in [0.5, 0.6) is 0 Å². The lowest BCUT2D eigenvalue weighted by Crippen LogP contribution is -2.44. The molecule has 3 aromatic heterocycles. The molecular weight excluding hydrogens is 570 g/mol. The number of benzene rings is 2. The molecular formula is C35H41N5O5. The SMILES string of the molecule is CCCn1nc2c(N(C(=O)OC(C)(C)C)C(=O)OC(C)(C)C)nc3ccccc3c2c1CCCc1cc(-c2ccccc2)no1. The number of anilines is 1. The number of nitrogens with zero attached hydrogens (tertiary/aromatic N) is 5. The van der Waals surface area contributed by atoms with Gasteiger partial charge in [-0.1, -0.05) is 60.6 Å². The molecule has 2 amide bonds. The van der Waals surface area contributed by atoms with E-state index in [1.807, 2.05) is 65.3 Å². The van der Waals surface area contributed by atoms with Gasteiger partial charge in [0.15, 0.2) is 5.82 Å². The van der Waals surface area contributed by atoms with Gasteiger partial charge in [-0.3, -0.25) is 4.68 Å². The third kappa shape index (κ3) is 7.33. The van der Waals surface area contributed by atoms with Gasteiger partial charge >= 0.3 is 12.2 Å². The molecule has 0 saturated heterocycles. The first-order valence-electron chi connectivity index (χ1n) is 15.4. The predicted molar refractivity (Wildman–Crippen MR) is 174 cm³/mol. The summed E-state index contributed by atoms with van der Waals surface area (Å²) in [4.78, 5) is 32.9. The van der Waals surface area contributed by atoms with Crippen molar-refractivity contribution in [1.82, 2.24) is 19.9 Å². The molecule has 2 aromatic carbocycles. The van der Waals surface area contributed by atoms with Crippen LogP contribution >= 0.6 is 0 Å². The molecule has 5 rings (SSSR count). The Labute approximate surface area is 263 Å². The summed E-state index contributed by atoms with van der Waals surface area (Å²) in [5.41, 5.74) is 2.13. The Hall–Kier alpha value is -4.73. The number of hydrogen-bond acceptors (Lipinski definition) is 8. The largest absolute Gasteiger partial charge is 0.443 e. The monoisotopic (exact) mass is 611 g/mol. The maximum atomic E-state index is 13.6. The molecule has 0 aliphatic heterocycles. The van der Waals surface area contributed by atoms with E-state index in [0.717, 1.165) is 51.2 Å². The van der Waals surface area contributed by atoms with Gasteiger partial charge in [0, 0.05) is 41.1 Å². The van der Waals surface area contributed by atoms with Crippen LogP contribution in [0.3, 0.4) is 0 Å². The molecule has 236 valence electrons. The number of aryl methyl sites for hydroxylation is 3. The number of fused-ring (bicyclic) bond motifs is 3. The van der Waals surface area contributed by atoms with E-state index in [4.69, 9.17) is 24.1 Å². The summed E-state index contributed by atoms with van der Waals surface area (Å²) in [7, 11) is 0. The van der Waals surface area contributed by atoms with E-state index in [1.54, 1.807) is 41.5 Å². The molecule has 10 nitrogen and oxygen atoms in total. The number of rotatable bonds is 8. The van der Waals surface area contributed by atoms with Crippen LogP contribution in [0.2, 0.25) is 0 Å². The Kier molecular flexibility index (Phi) is 8.95. The van der Waals surface area contributed by atoms with Gasteiger partial charge in [0.05, 0.1) is 5.52 Å². The zero-order valence-electron chi connectivity index (χ0n) is 27.1. The lowest BCUT2D eigenvalue weighted by atomic mass is 10.0. The van der Waals surface area contributed by atoms with Gasteiger partial charge in [-0.25, -0.2) is 14.6 Å². The summed E-state index contributed by atoms with van der Waals surface area (Å²) in [5.74, 6) is 0.874. The molecule has 0 unspecified atom stereocenters. The smallest absolute Gasteiger partial charge is 0.425 e. The number of hydrogen-bond donors (Lipinski definition) is 0. The van der Waals surface area contributed by atoms with Gasteiger partial charge in [-0.2, -0.15) is 10.00 Å². The zero-order chi connectivity index (χ0) is 32.4. The molecule has 0 saturated carbocycles. The predicted octanol–water partition coefficient (Wildman–Crippen LogP) is 8.50. The van der Waals surface area contributed by atoms with Crippen LogP contribution in [-0.4, -0.2) is 43.3 Å². The first-order valence-corrected chi connectivity index (χ1v) is 15.4. The normalized spacial score (nSPS) is 12.1. The van der Waals surface area contributed by atoms with Crippen molar-refractivity contribution < 1.29 is 23.6 Å². The van der Waals surface area contributed by atoms with Crippen molar-refractivity contribution in [1.29, 1.82) is 0 Å². The average molecular weight is 612 g/mol. The molecule has 5 aromatic rings. The lowest BCUT2D eigenvalue weighted by molar-refractivity contribution is 0.0429. The highest BCUT2D eigenvalue weighted by Gasteiger charge is 2.36. The molecule has 0 aliphatic rings. The number of pyridine rings is 1. The first kappa shape index (κ1) is 31.7. The van der Waals surface area contributed by atoms with Crippen LogP contribution in [0.25, 0.3) is 33.1 Å². The minimum absolute atomic E-state index is 0.0750. The van der Waals surface area contributed by atoms with Crippen molar-refractivity contribution in [2.75, 3.05) is 4.90 Å². The van der Waals surface area contributed by atoms with Crippen LogP contribution in [0.15, 0.2) is 65.2 Å². The second kappa shape index (κ2) is 12.7. The number of imide groups is 1. The van der Waals surface area contributed by atoms with Crippen molar-refractivity contribution in [2.24, 2.45) is 0 Å². The number of carbonyl (C=O) groups is 2. The first-order chi connectivity index (χ1) is 21.3. The molecule has 0 radical (unpaired) electrons. The van der Waals surface area contributed by atoms with Crippen LogP contribution in [-0.2, 0) is 28.9 Å². The number of ether oxygens (including phenoxy) is 2. The zero-order valence-corrected chi connectivity index (χ0v) is 27.1. The number of amides is 2. The summed E-state index contributed by atoms with van der Waals surface area (Å²) in [6.45, 7) is 13.2. The standard InChI is InChI=1S/C35H41N5O5/c1-8-21-39-28(20-14-17-24-22-27(38-45-24)23-15-10-9-11-16-23)29-25-18-12-13-19-26(25)36-31(30(29)37-39)40(32(41)43-34(2,3)4)33(42)44-35(5,6)7/h9-13,15-16,18-19,22H,8,14,17,20-21H2,1-7H3. The molecule has 3 heterocycles. The fourth-order valence-corrected chi connectivity index (χ4v) is 5.16. The van der Waals surface area contributed by atoms with Gasteiger partial charge in [0.2, 0.25) is 0 Å². The van der Waals surface area contributed by atoms with Gasteiger partial charge in [-0.15, -0.1) is 0 Å². The Bertz CT molecular complexity index is 1780. The molecule has 0 atom stereocenters. The van der Waals surface area contributed by atoms with Crippen LogP contribution in [0.1, 0.15) is 72.8 Å². The van der Waals surface area contributed by atoms with Gasteiger partial charge in [0.25, 0.3) is 0 Å². The van der Waals surface area contributed by atoms with E-state index in [-0.39, 0.29) is 5.82 Å². The van der Waals surface area contributed by atoms with E-state index in [1.165, 1.54) is 0 Å². The van der Waals surface area contributed by atoms with Crippen molar-refractivity contribution in [3.8, 4) is 11.3 Å². The second-order valence-corrected chi connectivity index (χ2v) is 13.0. The fraction of sp³-hybridized carbons (Fsp3) is 0.400. The van der Waals surface area contributed by atoms with Crippen LogP contribution in [0, 0.1) is 0 Å². The molecule has 45 heavy (non-hydrogen) atoms. The topological polar surface area (TPSA) is 113 Å². The molecule has 0 bridgehead atoms. The highest BCUT2D eigenvalue weighted by Crippen LogP contribution is 2.36. The second-order valence-electron chi connectivity index (χ2n) is 13.0. The molecule has 0 spiro atoms. The van der Waals surface area contributed by atoms with Crippen molar-refractivity contribution in [3.05, 3.63) is 72.1 Å². The fourth-order valence-electron chi connectivity index (χ4n) is 5.16. The van der Waals surface area contributed by atoms with Crippen LogP contribution < -0.4 is 4.90 Å². The minimum Gasteiger partial charge on any atom is -0.443 e. The molecule has 0 aliphatic carbocycles. The third-order valence-corrected chi connectivity index (χ3v) is 6.93. The maximum absolute atomic E-state index is 13.6. The summed E-state index contributed by atoms with van der Waals surface area (Å²) >= 11 is 0. The molecule has 10 heteroatoms. The van der Waals surface area contributed by atoms with E-state index in [2.05, 4.69) is 12.1 Å². The highest BCUT2D eigenvalue weighted by molar-refractivity contribution is 6.18. The van der Waals surface area contributed by atoms with E-state index in [9.17, 15) is 9.59 Å².